The molecule has 0 fully saturated rings. The van der Waals surface area contributed by atoms with Gasteiger partial charge >= 0.3 is 0 Å². The number of nitrogens with one attached hydrogen (secondary N) is 1. The lowest BCUT2D eigenvalue weighted by Crippen LogP contribution is -2.02. The van der Waals surface area contributed by atoms with Gasteiger partial charge in [0, 0.05) is 22.5 Å². The number of nitrogens with zero attached hydrogens (tertiary/aromatic N) is 2. The minimum absolute atomic E-state index is 0.747. The summed E-state index contributed by atoms with van der Waals surface area (Å²) < 4.78 is 0. The average Bonchev–Trinajstić information content (AvgIpc) is 2.43. The van der Waals surface area contributed by atoms with E-state index in [2.05, 4.69) is 22.2 Å². The van der Waals surface area contributed by atoms with Crippen molar-refractivity contribution in [1.29, 1.82) is 0 Å². The second kappa shape index (κ2) is 6.78. The number of aromatic nitrogens is 2. The second-order valence-corrected chi connectivity index (χ2v) is 5.56. The van der Waals surface area contributed by atoms with E-state index in [4.69, 9.17) is 11.6 Å². The zero-order valence-electron chi connectivity index (χ0n) is 11.0. The Hall–Kier alpha value is -1.26. The maximum atomic E-state index is 5.90. The summed E-state index contributed by atoms with van der Waals surface area (Å²) in [5, 5.41) is 4.88. The molecule has 0 bridgehead atoms. The highest BCUT2D eigenvalue weighted by molar-refractivity contribution is 7.99. The maximum Gasteiger partial charge on any atom is 0.133 e. The second-order valence-electron chi connectivity index (χ2n) is 4.06. The maximum absolute atomic E-state index is 5.90. The van der Waals surface area contributed by atoms with Gasteiger partial charge in [0.2, 0.25) is 0 Å². The topological polar surface area (TPSA) is 37.8 Å². The molecule has 0 aliphatic heterocycles. The lowest BCUT2D eigenvalue weighted by molar-refractivity contribution is 0.858. The fourth-order valence-electron chi connectivity index (χ4n) is 1.79. The van der Waals surface area contributed by atoms with Gasteiger partial charge in [0.25, 0.3) is 0 Å². The molecule has 100 valence electrons. The Balaban J connectivity index is 2.30. The SMILES string of the molecule is CCCc1c(NC)ncnc1Sc1ccc(Cl)cc1. The molecule has 0 atom stereocenters. The molecule has 0 spiro atoms. The molecule has 0 unspecified atom stereocenters. The Morgan fingerprint density at radius 1 is 1.21 bits per heavy atom. The highest BCUT2D eigenvalue weighted by Crippen LogP contribution is 2.32. The quantitative estimate of drug-likeness (QED) is 0.835. The van der Waals surface area contributed by atoms with Crippen molar-refractivity contribution in [3.05, 3.63) is 41.2 Å². The molecule has 1 N–H and O–H groups in total. The average molecular weight is 294 g/mol. The first-order valence-corrected chi connectivity index (χ1v) is 7.39. The lowest BCUT2D eigenvalue weighted by Gasteiger charge is -2.11. The highest BCUT2D eigenvalue weighted by atomic mass is 35.5. The predicted octanol–water partition coefficient (Wildman–Crippen LogP) is 4.28. The van der Waals surface area contributed by atoms with Crippen LogP contribution in [0.3, 0.4) is 0 Å². The standard InChI is InChI=1S/C14H16ClN3S/c1-3-4-12-13(16-2)17-9-18-14(12)19-11-7-5-10(15)6-8-11/h5-9H,3-4H2,1-2H3,(H,16,17,18). The summed E-state index contributed by atoms with van der Waals surface area (Å²) in [4.78, 5) is 9.81. The van der Waals surface area contributed by atoms with Crippen molar-refractivity contribution in [2.45, 2.75) is 29.7 Å². The van der Waals surface area contributed by atoms with E-state index in [9.17, 15) is 0 Å². The molecule has 19 heavy (non-hydrogen) atoms. The number of hydrogen-bond donors (Lipinski definition) is 1. The highest BCUT2D eigenvalue weighted by Gasteiger charge is 2.11. The summed E-state index contributed by atoms with van der Waals surface area (Å²) in [7, 11) is 1.89. The van der Waals surface area contributed by atoms with Crippen molar-refractivity contribution in [1.82, 2.24) is 9.97 Å². The van der Waals surface area contributed by atoms with Gasteiger partial charge in [-0.05, 0) is 30.7 Å². The van der Waals surface area contributed by atoms with E-state index >= 15 is 0 Å². The summed E-state index contributed by atoms with van der Waals surface area (Å²) in [6.07, 6.45) is 3.63. The van der Waals surface area contributed by atoms with Crippen LogP contribution in [-0.2, 0) is 6.42 Å². The number of benzene rings is 1. The third-order valence-electron chi connectivity index (χ3n) is 2.67. The van der Waals surface area contributed by atoms with Crippen LogP contribution in [-0.4, -0.2) is 17.0 Å². The molecule has 0 saturated carbocycles. The van der Waals surface area contributed by atoms with E-state index in [1.54, 1.807) is 18.1 Å². The van der Waals surface area contributed by atoms with E-state index in [-0.39, 0.29) is 0 Å². The van der Waals surface area contributed by atoms with Gasteiger partial charge in [0.15, 0.2) is 0 Å². The molecule has 2 aromatic rings. The van der Waals surface area contributed by atoms with Crippen molar-refractivity contribution in [3.8, 4) is 0 Å². The summed E-state index contributed by atoms with van der Waals surface area (Å²) in [5.74, 6) is 0.910. The Labute approximate surface area is 122 Å². The van der Waals surface area contributed by atoms with Crippen LogP contribution in [0.2, 0.25) is 5.02 Å². The van der Waals surface area contributed by atoms with Gasteiger partial charge in [-0.2, -0.15) is 0 Å². The van der Waals surface area contributed by atoms with Crippen LogP contribution in [0.25, 0.3) is 0 Å². The fraction of sp³-hybridized carbons (Fsp3) is 0.286. The predicted molar refractivity (Wildman–Crippen MR) is 81.1 cm³/mol. The molecule has 1 heterocycles. The fourth-order valence-corrected chi connectivity index (χ4v) is 2.83. The molecule has 5 heteroatoms. The van der Waals surface area contributed by atoms with Crippen LogP contribution < -0.4 is 5.32 Å². The summed E-state index contributed by atoms with van der Waals surface area (Å²) in [6, 6.07) is 7.79. The van der Waals surface area contributed by atoms with Crippen LogP contribution in [0.1, 0.15) is 18.9 Å². The molecule has 1 aromatic heterocycles. The molecule has 0 aliphatic carbocycles. The molecule has 0 saturated heterocycles. The summed E-state index contributed by atoms with van der Waals surface area (Å²) in [6.45, 7) is 2.16. The minimum atomic E-state index is 0.747. The Bertz CT molecular complexity index is 543. The van der Waals surface area contributed by atoms with Gasteiger partial charge in [0.05, 0.1) is 0 Å². The van der Waals surface area contributed by atoms with E-state index in [0.717, 1.165) is 33.6 Å². The van der Waals surface area contributed by atoms with Gasteiger partial charge in [-0.25, -0.2) is 9.97 Å². The van der Waals surface area contributed by atoms with Crippen LogP contribution in [0.4, 0.5) is 5.82 Å². The number of halogens is 1. The van der Waals surface area contributed by atoms with Crippen LogP contribution in [0, 0.1) is 0 Å². The zero-order valence-corrected chi connectivity index (χ0v) is 12.6. The normalized spacial score (nSPS) is 10.5. The van der Waals surface area contributed by atoms with Crippen molar-refractivity contribution in [3.63, 3.8) is 0 Å². The first-order chi connectivity index (χ1) is 9.24. The number of rotatable bonds is 5. The third kappa shape index (κ3) is 3.61. The van der Waals surface area contributed by atoms with E-state index in [1.807, 2.05) is 31.3 Å². The van der Waals surface area contributed by atoms with Gasteiger partial charge in [-0.15, -0.1) is 0 Å². The molecule has 1 aromatic carbocycles. The monoisotopic (exact) mass is 293 g/mol. The first kappa shape index (κ1) is 14.2. The van der Waals surface area contributed by atoms with E-state index < -0.39 is 0 Å². The Morgan fingerprint density at radius 2 is 1.95 bits per heavy atom. The van der Waals surface area contributed by atoms with Crippen LogP contribution in [0.5, 0.6) is 0 Å². The Morgan fingerprint density at radius 3 is 2.58 bits per heavy atom. The molecule has 0 aliphatic rings. The molecule has 0 amide bonds. The van der Waals surface area contributed by atoms with Gasteiger partial charge in [-0.1, -0.05) is 36.7 Å². The Kier molecular flexibility index (Phi) is 5.05. The smallest absolute Gasteiger partial charge is 0.133 e. The van der Waals surface area contributed by atoms with E-state index in [1.165, 1.54) is 5.56 Å². The third-order valence-corrected chi connectivity index (χ3v) is 3.98. The molecular formula is C14H16ClN3S. The van der Waals surface area contributed by atoms with Crippen molar-refractivity contribution < 1.29 is 0 Å². The van der Waals surface area contributed by atoms with Gasteiger partial charge in [0.1, 0.15) is 17.2 Å². The molecule has 0 radical (unpaired) electrons. The van der Waals surface area contributed by atoms with Gasteiger partial charge < -0.3 is 5.32 Å². The molecular weight excluding hydrogens is 278 g/mol. The number of hydrogen-bond acceptors (Lipinski definition) is 4. The molecule has 2 rings (SSSR count). The van der Waals surface area contributed by atoms with E-state index in [0.29, 0.717) is 0 Å². The van der Waals surface area contributed by atoms with Crippen molar-refractivity contribution >= 4 is 29.2 Å². The number of anilines is 1. The van der Waals surface area contributed by atoms with Gasteiger partial charge in [-0.3, -0.25) is 0 Å². The summed E-state index contributed by atoms with van der Waals surface area (Å²) >= 11 is 7.54. The minimum Gasteiger partial charge on any atom is -0.373 e. The van der Waals surface area contributed by atoms with Crippen molar-refractivity contribution in [2.75, 3.05) is 12.4 Å². The largest absolute Gasteiger partial charge is 0.373 e. The summed E-state index contributed by atoms with van der Waals surface area (Å²) in [5.41, 5.74) is 1.17. The molecule has 3 nitrogen and oxygen atoms in total. The first-order valence-electron chi connectivity index (χ1n) is 6.19. The lowest BCUT2D eigenvalue weighted by atomic mass is 10.2. The van der Waals surface area contributed by atoms with Crippen molar-refractivity contribution in [2.24, 2.45) is 0 Å². The zero-order chi connectivity index (χ0) is 13.7. The van der Waals surface area contributed by atoms with Crippen LogP contribution in [0.15, 0.2) is 40.5 Å². The van der Waals surface area contributed by atoms with Crippen LogP contribution >= 0.6 is 23.4 Å².